The Morgan fingerprint density at radius 2 is 2.19 bits per heavy atom. The van der Waals surface area contributed by atoms with Gasteiger partial charge in [0.25, 0.3) is 16.8 Å². The number of non-ortho nitro benzene ring substituents is 1. The van der Waals surface area contributed by atoms with Crippen molar-refractivity contribution in [1.82, 2.24) is 4.90 Å². The number of benzene rings is 1. The molecule has 2 amide bonds. The first-order valence-corrected chi connectivity index (χ1v) is 6.42. The maximum absolute atomic E-state index is 11.9. The zero-order chi connectivity index (χ0) is 15.6. The number of terminal acetylenes is 1. The van der Waals surface area contributed by atoms with E-state index in [4.69, 9.17) is 6.42 Å². The molecule has 1 fully saturated rings. The number of nitrogens with zero attached hydrogens (tertiary/aromatic N) is 2. The number of nitro benzene ring substituents is 1. The smallest absolute Gasteiger partial charge is 0.294 e. The van der Waals surface area contributed by atoms with Crippen molar-refractivity contribution in [3.05, 3.63) is 38.8 Å². The van der Waals surface area contributed by atoms with E-state index in [0.717, 1.165) is 23.1 Å². The monoisotopic (exact) mass is 304 g/mol. The minimum absolute atomic E-state index is 0.0473. The zero-order valence-corrected chi connectivity index (χ0v) is 11.3. The van der Waals surface area contributed by atoms with E-state index in [1.807, 2.05) is 0 Å². The third kappa shape index (κ3) is 2.88. The van der Waals surface area contributed by atoms with Gasteiger partial charge in [0.2, 0.25) is 0 Å². The van der Waals surface area contributed by atoms with Crippen LogP contribution < -0.4 is 0 Å². The van der Waals surface area contributed by atoms with Crippen LogP contribution in [-0.2, 0) is 4.79 Å². The van der Waals surface area contributed by atoms with Gasteiger partial charge in [-0.05, 0) is 23.9 Å². The first-order chi connectivity index (χ1) is 9.93. The second kappa shape index (κ2) is 5.68. The summed E-state index contributed by atoms with van der Waals surface area (Å²) in [6, 6.07) is 3.40. The topological polar surface area (TPSA) is 101 Å². The number of aromatic hydroxyl groups is 1. The van der Waals surface area contributed by atoms with E-state index in [-0.39, 0.29) is 28.5 Å². The molecule has 1 N–H and O–H groups in total. The van der Waals surface area contributed by atoms with Crippen LogP contribution >= 0.6 is 11.8 Å². The molecular formula is C13H8N2O5S. The van der Waals surface area contributed by atoms with Crippen LogP contribution in [0.5, 0.6) is 5.75 Å². The lowest BCUT2D eigenvalue weighted by molar-refractivity contribution is -0.384. The number of carbonyl (C=O) groups excluding carboxylic acids is 2. The standard InChI is InChI=1S/C13H8N2O5S/c1-2-5-14-12(17)11(21-13(14)18)7-8-6-9(15(19)20)3-4-10(8)16/h1,3-4,6-7,16H,5H2/b11-7-. The molecule has 0 bridgehead atoms. The number of phenols is 1. The molecule has 0 aliphatic carbocycles. The van der Waals surface area contributed by atoms with Crippen LogP contribution in [0.15, 0.2) is 23.1 Å². The molecular weight excluding hydrogens is 296 g/mol. The number of thioether (sulfide) groups is 1. The van der Waals surface area contributed by atoms with Gasteiger partial charge in [0.15, 0.2) is 0 Å². The van der Waals surface area contributed by atoms with Crippen LogP contribution in [-0.4, -0.2) is 32.6 Å². The number of hydrogen-bond donors (Lipinski definition) is 1. The number of nitro groups is 1. The largest absolute Gasteiger partial charge is 0.507 e. The molecule has 1 aliphatic rings. The molecule has 21 heavy (non-hydrogen) atoms. The van der Waals surface area contributed by atoms with E-state index in [0.29, 0.717) is 11.8 Å². The van der Waals surface area contributed by atoms with Crippen molar-refractivity contribution in [3.63, 3.8) is 0 Å². The molecule has 8 heteroatoms. The molecule has 0 saturated carbocycles. The second-order valence-corrected chi connectivity index (χ2v) is 4.97. The fourth-order valence-corrected chi connectivity index (χ4v) is 2.47. The van der Waals surface area contributed by atoms with Crippen molar-refractivity contribution in [2.24, 2.45) is 0 Å². The van der Waals surface area contributed by atoms with E-state index in [1.165, 1.54) is 6.08 Å². The molecule has 106 valence electrons. The van der Waals surface area contributed by atoms with E-state index < -0.39 is 16.1 Å². The van der Waals surface area contributed by atoms with Gasteiger partial charge in [-0.1, -0.05) is 5.92 Å². The van der Waals surface area contributed by atoms with Crippen LogP contribution in [0, 0.1) is 22.5 Å². The highest BCUT2D eigenvalue weighted by molar-refractivity contribution is 8.18. The molecule has 1 aromatic rings. The number of rotatable bonds is 3. The van der Waals surface area contributed by atoms with Crippen molar-refractivity contribution >= 4 is 34.7 Å². The quantitative estimate of drug-likeness (QED) is 0.396. The first-order valence-electron chi connectivity index (χ1n) is 5.60. The Bertz CT molecular complexity index is 720. The summed E-state index contributed by atoms with van der Waals surface area (Å²) in [6.45, 7) is -0.150. The summed E-state index contributed by atoms with van der Waals surface area (Å²) in [5.41, 5.74) is -0.155. The maximum Gasteiger partial charge on any atom is 0.294 e. The molecule has 1 saturated heterocycles. The first kappa shape index (κ1) is 14.6. The van der Waals surface area contributed by atoms with Crippen molar-refractivity contribution in [2.75, 3.05) is 6.54 Å². The van der Waals surface area contributed by atoms with Crippen LogP contribution in [0.1, 0.15) is 5.56 Å². The van der Waals surface area contributed by atoms with Gasteiger partial charge < -0.3 is 5.11 Å². The Labute approximate surface area is 123 Å². The van der Waals surface area contributed by atoms with Gasteiger partial charge in [0.05, 0.1) is 16.4 Å². The van der Waals surface area contributed by atoms with E-state index in [9.17, 15) is 24.8 Å². The molecule has 0 unspecified atom stereocenters. The van der Waals surface area contributed by atoms with Crippen LogP contribution in [0.3, 0.4) is 0 Å². The van der Waals surface area contributed by atoms with Crippen LogP contribution in [0.25, 0.3) is 6.08 Å². The number of amides is 2. The summed E-state index contributed by atoms with van der Waals surface area (Å²) in [5.74, 6) is 1.37. The molecule has 1 heterocycles. The van der Waals surface area contributed by atoms with E-state index in [2.05, 4.69) is 5.92 Å². The minimum atomic E-state index is -0.624. The summed E-state index contributed by atoms with van der Waals surface area (Å²) < 4.78 is 0. The lowest BCUT2D eigenvalue weighted by Gasteiger charge is -2.06. The predicted octanol–water partition coefficient (Wildman–Crippen LogP) is 1.97. The fourth-order valence-electron chi connectivity index (χ4n) is 1.64. The van der Waals surface area contributed by atoms with Crippen molar-refractivity contribution in [1.29, 1.82) is 0 Å². The highest BCUT2D eigenvalue weighted by atomic mass is 32.2. The number of hydrogen-bond acceptors (Lipinski definition) is 6. The Kier molecular flexibility index (Phi) is 3.95. The summed E-state index contributed by atoms with van der Waals surface area (Å²) in [6.07, 6.45) is 6.29. The van der Waals surface area contributed by atoms with E-state index >= 15 is 0 Å². The second-order valence-electron chi connectivity index (χ2n) is 3.97. The van der Waals surface area contributed by atoms with Gasteiger partial charge in [0, 0.05) is 17.7 Å². The number of imide groups is 1. The Hall–Kier alpha value is -2.79. The molecule has 1 aromatic carbocycles. The Balaban J connectivity index is 2.39. The predicted molar refractivity (Wildman–Crippen MR) is 76.3 cm³/mol. The van der Waals surface area contributed by atoms with Crippen molar-refractivity contribution in [3.8, 4) is 18.1 Å². The summed E-state index contributed by atoms with van der Waals surface area (Å²) >= 11 is 0.662. The number of carbonyl (C=O) groups is 2. The summed E-state index contributed by atoms with van der Waals surface area (Å²) in [7, 11) is 0. The highest BCUT2D eigenvalue weighted by Crippen LogP contribution is 2.34. The van der Waals surface area contributed by atoms with Crippen LogP contribution in [0.2, 0.25) is 0 Å². The Morgan fingerprint density at radius 1 is 1.48 bits per heavy atom. The van der Waals surface area contributed by atoms with Gasteiger partial charge >= 0.3 is 0 Å². The molecule has 7 nitrogen and oxygen atoms in total. The molecule has 1 aliphatic heterocycles. The third-order valence-electron chi connectivity index (χ3n) is 2.63. The van der Waals surface area contributed by atoms with Crippen LogP contribution in [0.4, 0.5) is 10.5 Å². The molecule has 0 atom stereocenters. The highest BCUT2D eigenvalue weighted by Gasteiger charge is 2.34. The average Bonchev–Trinajstić information content (AvgIpc) is 2.69. The lowest BCUT2D eigenvalue weighted by Crippen LogP contribution is -2.28. The molecule has 0 radical (unpaired) electrons. The minimum Gasteiger partial charge on any atom is -0.507 e. The lowest BCUT2D eigenvalue weighted by atomic mass is 10.1. The molecule has 2 rings (SSSR count). The van der Waals surface area contributed by atoms with E-state index in [1.54, 1.807) is 0 Å². The van der Waals surface area contributed by atoms with Gasteiger partial charge in [-0.15, -0.1) is 6.42 Å². The van der Waals surface area contributed by atoms with Crippen molar-refractivity contribution in [2.45, 2.75) is 0 Å². The Morgan fingerprint density at radius 3 is 2.81 bits per heavy atom. The zero-order valence-electron chi connectivity index (χ0n) is 10.5. The summed E-state index contributed by atoms with van der Waals surface area (Å²) in [5, 5.41) is 19.9. The SMILES string of the molecule is C#CCN1C(=O)S/C(=C\c2cc([N+](=O)[O-])ccc2O)C1=O. The number of phenolic OH excluding ortho intramolecular Hbond substituents is 1. The maximum atomic E-state index is 11.9. The van der Waals surface area contributed by atoms with Gasteiger partial charge in [-0.25, -0.2) is 0 Å². The molecule has 0 spiro atoms. The average molecular weight is 304 g/mol. The third-order valence-corrected chi connectivity index (χ3v) is 3.54. The van der Waals surface area contributed by atoms with Gasteiger partial charge in [0.1, 0.15) is 5.75 Å². The normalized spacial score (nSPS) is 16.3. The molecule has 0 aromatic heterocycles. The van der Waals surface area contributed by atoms with Gasteiger partial charge in [-0.2, -0.15) is 0 Å². The summed E-state index contributed by atoms with van der Waals surface area (Å²) in [4.78, 5) is 34.5. The fraction of sp³-hybridized carbons (Fsp3) is 0.0769. The van der Waals surface area contributed by atoms with Gasteiger partial charge in [-0.3, -0.25) is 24.6 Å². The van der Waals surface area contributed by atoms with Crippen molar-refractivity contribution < 1.29 is 19.6 Å².